The second kappa shape index (κ2) is 8.23. The molecule has 0 aromatic rings. The molecule has 2 N–H and O–H groups in total. The Morgan fingerprint density at radius 1 is 1.32 bits per heavy atom. The van der Waals surface area contributed by atoms with E-state index >= 15 is 0 Å². The lowest BCUT2D eigenvalue weighted by Gasteiger charge is -2.33. The third kappa shape index (κ3) is 5.80. The van der Waals surface area contributed by atoms with Crippen LogP contribution in [0.3, 0.4) is 0 Å². The van der Waals surface area contributed by atoms with Crippen LogP contribution in [0.2, 0.25) is 0 Å². The normalized spacial score (nSPS) is 19.1. The lowest BCUT2D eigenvalue weighted by molar-refractivity contribution is 0.137. The molecular weight excluding hydrogens is 236 g/mol. The summed E-state index contributed by atoms with van der Waals surface area (Å²) in [5.41, 5.74) is -0.0538. The molecule has 1 fully saturated rings. The molecule has 0 bridgehead atoms. The second-order valence-corrected chi connectivity index (χ2v) is 6.55. The Labute approximate surface area is 119 Å². The largest absolute Gasteiger partial charge is 0.394 e. The van der Waals surface area contributed by atoms with Gasteiger partial charge < -0.3 is 15.3 Å². The van der Waals surface area contributed by atoms with Crippen molar-refractivity contribution in [2.45, 2.75) is 71.4 Å². The number of aliphatic hydroxyl groups is 1. The van der Waals surface area contributed by atoms with Crippen LogP contribution in [0.5, 0.6) is 0 Å². The molecule has 0 radical (unpaired) electrons. The highest BCUT2D eigenvalue weighted by Crippen LogP contribution is 2.28. The van der Waals surface area contributed by atoms with Gasteiger partial charge in [0.1, 0.15) is 0 Å². The Kier molecular flexibility index (Phi) is 7.33. The first-order valence-electron chi connectivity index (χ1n) is 8.16. The molecule has 1 saturated carbocycles. The number of likely N-dealkylation sites (N-methyl/N-ethyl adjacent to an activating group) is 1. The smallest absolute Gasteiger partial charge is 0.0613 e. The van der Waals surface area contributed by atoms with E-state index in [1.807, 2.05) is 0 Å². The van der Waals surface area contributed by atoms with Crippen molar-refractivity contribution in [2.24, 2.45) is 5.92 Å². The van der Waals surface area contributed by atoms with Crippen molar-refractivity contribution in [1.29, 1.82) is 0 Å². The van der Waals surface area contributed by atoms with E-state index in [4.69, 9.17) is 0 Å². The standard InChI is InChI=1S/C16H34N2O/c1-5-16(13-19,17-6-2)10-7-11-18(12-14(3)4)15-8-9-15/h14-15,17,19H,5-13H2,1-4H3. The van der Waals surface area contributed by atoms with Crippen LogP contribution in [-0.2, 0) is 0 Å². The van der Waals surface area contributed by atoms with Crippen molar-refractivity contribution in [3.05, 3.63) is 0 Å². The molecule has 0 aromatic heterocycles. The maximum Gasteiger partial charge on any atom is 0.0613 e. The summed E-state index contributed by atoms with van der Waals surface area (Å²) >= 11 is 0. The first-order valence-corrected chi connectivity index (χ1v) is 8.16. The van der Waals surface area contributed by atoms with Gasteiger partial charge in [-0.3, -0.25) is 0 Å². The molecule has 0 saturated heterocycles. The molecule has 19 heavy (non-hydrogen) atoms. The third-order valence-electron chi connectivity index (χ3n) is 4.29. The fourth-order valence-corrected chi connectivity index (χ4v) is 2.96. The molecule has 0 aromatic carbocycles. The first kappa shape index (κ1) is 16.9. The predicted octanol–water partition coefficient (Wildman–Crippen LogP) is 2.64. The van der Waals surface area contributed by atoms with Crippen molar-refractivity contribution in [3.8, 4) is 0 Å². The number of hydrogen-bond donors (Lipinski definition) is 2. The molecule has 1 aliphatic carbocycles. The van der Waals surface area contributed by atoms with E-state index < -0.39 is 0 Å². The number of rotatable bonds is 11. The zero-order valence-corrected chi connectivity index (χ0v) is 13.4. The third-order valence-corrected chi connectivity index (χ3v) is 4.29. The lowest BCUT2D eigenvalue weighted by atomic mass is 9.91. The number of aliphatic hydroxyl groups excluding tert-OH is 1. The van der Waals surface area contributed by atoms with Crippen LogP contribution in [0.4, 0.5) is 0 Å². The van der Waals surface area contributed by atoms with Crippen LogP contribution in [0, 0.1) is 5.92 Å². The van der Waals surface area contributed by atoms with Gasteiger partial charge in [0.05, 0.1) is 6.61 Å². The lowest BCUT2D eigenvalue weighted by Crippen LogP contribution is -2.48. The average Bonchev–Trinajstić information content (AvgIpc) is 3.20. The van der Waals surface area contributed by atoms with Gasteiger partial charge in [0.25, 0.3) is 0 Å². The quantitative estimate of drug-likeness (QED) is 0.606. The van der Waals surface area contributed by atoms with Gasteiger partial charge in [0.15, 0.2) is 0 Å². The highest BCUT2D eigenvalue weighted by molar-refractivity contribution is 4.88. The Morgan fingerprint density at radius 3 is 2.42 bits per heavy atom. The Balaban J connectivity index is 2.36. The summed E-state index contributed by atoms with van der Waals surface area (Å²) in [5, 5.41) is 13.2. The van der Waals surface area contributed by atoms with Gasteiger partial charge in [-0.15, -0.1) is 0 Å². The minimum Gasteiger partial charge on any atom is -0.394 e. The van der Waals surface area contributed by atoms with Crippen LogP contribution < -0.4 is 5.32 Å². The van der Waals surface area contributed by atoms with E-state index in [2.05, 4.69) is 37.9 Å². The molecule has 0 heterocycles. The molecule has 3 nitrogen and oxygen atoms in total. The van der Waals surface area contributed by atoms with Crippen LogP contribution in [-0.4, -0.2) is 47.8 Å². The van der Waals surface area contributed by atoms with Gasteiger partial charge in [-0.05, 0) is 51.1 Å². The summed E-state index contributed by atoms with van der Waals surface area (Å²) in [6.07, 6.45) is 6.04. The van der Waals surface area contributed by atoms with E-state index in [1.165, 1.54) is 32.4 Å². The van der Waals surface area contributed by atoms with Gasteiger partial charge in [0, 0.05) is 18.1 Å². The maximum absolute atomic E-state index is 9.66. The topological polar surface area (TPSA) is 35.5 Å². The van der Waals surface area contributed by atoms with Crippen molar-refractivity contribution >= 4 is 0 Å². The van der Waals surface area contributed by atoms with E-state index in [0.717, 1.165) is 31.3 Å². The first-order chi connectivity index (χ1) is 9.06. The molecule has 0 aliphatic heterocycles. The van der Waals surface area contributed by atoms with Crippen LogP contribution in [0.1, 0.15) is 59.8 Å². The average molecular weight is 270 g/mol. The van der Waals surface area contributed by atoms with Crippen LogP contribution >= 0.6 is 0 Å². The Hall–Kier alpha value is -0.120. The van der Waals surface area contributed by atoms with Crippen molar-refractivity contribution < 1.29 is 5.11 Å². The van der Waals surface area contributed by atoms with Gasteiger partial charge in [0.2, 0.25) is 0 Å². The molecule has 114 valence electrons. The summed E-state index contributed by atoms with van der Waals surface area (Å²) in [6, 6.07) is 0.853. The zero-order chi connectivity index (χ0) is 14.3. The van der Waals surface area contributed by atoms with Gasteiger partial charge in [-0.2, -0.15) is 0 Å². The van der Waals surface area contributed by atoms with E-state index in [-0.39, 0.29) is 12.1 Å². The maximum atomic E-state index is 9.66. The molecule has 3 heteroatoms. The second-order valence-electron chi connectivity index (χ2n) is 6.55. The minimum absolute atomic E-state index is 0.0538. The summed E-state index contributed by atoms with van der Waals surface area (Å²) in [4.78, 5) is 2.66. The van der Waals surface area contributed by atoms with Crippen LogP contribution in [0.25, 0.3) is 0 Å². The predicted molar refractivity (Wildman–Crippen MR) is 82.5 cm³/mol. The SMILES string of the molecule is CCNC(CC)(CO)CCCN(CC(C)C)C1CC1. The molecule has 1 rings (SSSR count). The summed E-state index contributed by atoms with van der Waals surface area (Å²) in [6.45, 7) is 12.5. The number of nitrogens with zero attached hydrogens (tertiary/aromatic N) is 1. The number of nitrogens with one attached hydrogen (secondary N) is 1. The molecule has 1 atom stereocenters. The Bertz CT molecular complexity index is 235. The minimum atomic E-state index is -0.0538. The van der Waals surface area contributed by atoms with Crippen LogP contribution in [0.15, 0.2) is 0 Å². The summed E-state index contributed by atoms with van der Waals surface area (Å²) in [5.74, 6) is 0.753. The van der Waals surface area contributed by atoms with Gasteiger partial charge in [-0.25, -0.2) is 0 Å². The van der Waals surface area contributed by atoms with E-state index in [9.17, 15) is 5.11 Å². The highest BCUT2D eigenvalue weighted by atomic mass is 16.3. The highest BCUT2D eigenvalue weighted by Gasteiger charge is 2.30. The zero-order valence-electron chi connectivity index (χ0n) is 13.4. The molecule has 1 unspecified atom stereocenters. The molecule has 1 aliphatic rings. The monoisotopic (exact) mass is 270 g/mol. The van der Waals surface area contributed by atoms with Gasteiger partial charge in [-0.1, -0.05) is 27.7 Å². The summed E-state index contributed by atoms with van der Waals surface area (Å²) in [7, 11) is 0. The van der Waals surface area contributed by atoms with E-state index in [0.29, 0.717) is 0 Å². The fourth-order valence-electron chi connectivity index (χ4n) is 2.96. The molecule has 0 spiro atoms. The van der Waals surface area contributed by atoms with Gasteiger partial charge >= 0.3 is 0 Å². The fraction of sp³-hybridized carbons (Fsp3) is 1.00. The molecule has 0 amide bonds. The van der Waals surface area contributed by atoms with Crippen molar-refractivity contribution in [1.82, 2.24) is 10.2 Å². The Morgan fingerprint density at radius 2 is 2.00 bits per heavy atom. The summed E-state index contributed by atoms with van der Waals surface area (Å²) < 4.78 is 0. The number of hydrogen-bond acceptors (Lipinski definition) is 3. The molecular formula is C16H34N2O. The van der Waals surface area contributed by atoms with Crippen molar-refractivity contribution in [2.75, 3.05) is 26.2 Å². The van der Waals surface area contributed by atoms with Crippen molar-refractivity contribution in [3.63, 3.8) is 0 Å². The van der Waals surface area contributed by atoms with E-state index in [1.54, 1.807) is 0 Å².